The van der Waals surface area contributed by atoms with Crippen molar-refractivity contribution in [1.82, 2.24) is 14.9 Å². The molecular formula is C19H26N4O2. The molecule has 1 unspecified atom stereocenters. The van der Waals surface area contributed by atoms with Gasteiger partial charge in [-0.1, -0.05) is 6.07 Å². The van der Waals surface area contributed by atoms with Crippen molar-refractivity contribution in [3.63, 3.8) is 0 Å². The number of rotatable bonds is 4. The van der Waals surface area contributed by atoms with Gasteiger partial charge in [0.25, 0.3) is 0 Å². The number of aromatic amines is 1. The minimum Gasteiger partial charge on any atom is -0.377 e. The Kier molecular flexibility index (Phi) is 4.04. The van der Waals surface area contributed by atoms with Crippen LogP contribution < -0.4 is 5.73 Å². The van der Waals surface area contributed by atoms with E-state index in [1.54, 1.807) is 7.11 Å². The van der Waals surface area contributed by atoms with Crippen molar-refractivity contribution in [2.75, 3.05) is 20.2 Å². The summed E-state index contributed by atoms with van der Waals surface area (Å²) in [6, 6.07) is 6.25. The van der Waals surface area contributed by atoms with Crippen LogP contribution in [-0.2, 0) is 9.53 Å². The highest BCUT2D eigenvalue weighted by Crippen LogP contribution is 2.43. The van der Waals surface area contributed by atoms with E-state index in [1.165, 1.54) is 5.56 Å². The number of H-pyrrole nitrogens is 1. The minimum absolute atomic E-state index is 0.0238. The van der Waals surface area contributed by atoms with Gasteiger partial charge >= 0.3 is 0 Å². The summed E-state index contributed by atoms with van der Waals surface area (Å²) in [4.78, 5) is 23.2. The molecule has 1 aromatic heterocycles. The Morgan fingerprint density at radius 3 is 3.00 bits per heavy atom. The van der Waals surface area contributed by atoms with Gasteiger partial charge in [-0.25, -0.2) is 4.98 Å². The molecule has 134 valence electrons. The molecule has 2 aromatic rings. The summed E-state index contributed by atoms with van der Waals surface area (Å²) in [7, 11) is 1.68. The molecule has 1 amide bonds. The van der Waals surface area contributed by atoms with Crippen LogP contribution in [0.3, 0.4) is 0 Å². The van der Waals surface area contributed by atoms with Gasteiger partial charge in [0.1, 0.15) is 5.82 Å². The van der Waals surface area contributed by atoms with Crippen LogP contribution in [0, 0.1) is 12.8 Å². The number of benzene rings is 1. The van der Waals surface area contributed by atoms with Crippen molar-refractivity contribution in [3.05, 3.63) is 29.6 Å². The highest BCUT2D eigenvalue weighted by Gasteiger charge is 2.49. The lowest BCUT2D eigenvalue weighted by Crippen LogP contribution is -2.55. The molecule has 1 aliphatic heterocycles. The first-order valence-corrected chi connectivity index (χ1v) is 9.07. The number of nitrogens with zero attached hydrogens (tertiary/aromatic N) is 2. The van der Waals surface area contributed by atoms with E-state index in [0.717, 1.165) is 49.1 Å². The number of methoxy groups -OCH3 is 1. The highest BCUT2D eigenvalue weighted by atomic mass is 16.5. The van der Waals surface area contributed by atoms with Gasteiger partial charge < -0.3 is 20.4 Å². The largest absolute Gasteiger partial charge is 0.377 e. The zero-order valence-electron chi connectivity index (χ0n) is 14.9. The second-order valence-electron chi connectivity index (χ2n) is 7.53. The predicted octanol–water partition coefficient (Wildman–Crippen LogP) is 2.29. The monoisotopic (exact) mass is 342 g/mol. The number of aryl methyl sites for hydroxylation is 1. The predicted molar refractivity (Wildman–Crippen MR) is 96.0 cm³/mol. The molecule has 6 heteroatoms. The molecular weight excluding hydrogens is 316 g/mol. The first-order chi connectivity index (χ1) is 12.0. The SMILES string of the molecule is COC1(CN)CC(C(=O)N2CCCC2c2nc3ccc(C)cc3[nH]2)C1. The molecule has 2 aliphatic rings. The van der Waals surface area contributed by atoms with E-state index in [1.807, 2.05) is 11.0 Å². The van der Waals surface area contributed by atoms with Crippen LogP contribution >= 0.6 is 0 Å². The molecule has 25 heavy (non-hydrogen) atoms. The summed E-state index contributed by atoms with van der Waals surface area (Å²) in [6.45, 7) is 3.35. The Hall–Kier alpha value is -1.92. The standard InChI is InChI=1S/C19H26N4O2/c1-12-5-6-14-15(8-12)22-17(21-14)16-4-3-7-23(16)18(24)13-9-19(10-13,11-20)25-2/h5-6,8,13,16H,3-4,7,9-11,20H2,1-2H3,(H,21,22). The maximum Gasteiger partial charge on any atom is 0.226 e. The summed E-state index contributed by atoms with van der Waals surface area (Å²) >= 11 is 0. The number of amides is 1. The number of hydrogen-bond donors (Lipinski definition) is 2. The Morgan fingerprint density at radius 1 is 1.48 bits per heavy atom. The highest BCUT2D eigenvalue weighted by molar-refractivity contribution is 5.81. The number of likely N-dealkylation sites (tertiary alicyclic amines) is 1. The van der Waals surface area contributed by atoms with Crippen LogP contribution in [0.2, 0.25) is 0 Å². The lowest BCUT2D eigenvalue weighted by Gasteiger charge is -2.46. The fourth-order valence-corrected chi connectivity index (χ4v) is 4.28. The molecule has 4 rings (SSSR count). The fourth-order valence-electron chi connectivity index (χ4n) is 4.28. The number of aromatic nitrogens is 2. The third kappa shape index (κ3) is 2.73. The molecule has 0 bridgehead atoms. The maximum atomic E-state index is 13.0. The molecule has 1 saturated carbocycles. The Bertz CT molecular complexity index is 788. The van der Waals surface area contributed by atoms with Crippen molar-refractivity contribution in [1.29, 1.82) is 0 Å². The van der Waals surface area contributed by atoms with E-state index in [0.29, 0.717) is 6.54 Å². The number of imidazole rings is 1. The molecule has 1 aromatic carbocycles. The molecule has 0 radical (unpaired) electrons. The Labute approximate surface area is 147 Å². The van der Waals surface area contributed by atoms with E-state index in [2.05, 4.69) is 24.0 Å². The molecule has 2 heterocycles. The Morgan fingerprint density at radius 2 is 2.28 bits per heavy atom. The normalized spacial score (nSPS) is 29.2. The lowest BCUT2D eigenvalue weighted by atomic mass is 9.70. The van der Waals surface area contributed by atoms with E-state index < -0.39 is 0 Å². The van der Waals surface area contributed by atoms with Crippen LogP contribution in [0.1, 0.15) is 43.1 Å². The van der Waals surface area contributed by atoms with Gasteiger partial charge in [0.2, 0.25) is 5.91 Å². The summed E-state index contributed by atoms with van der Waals surface area (Å²) in [5.74, 6) is 1.15. The van der Waals surface area contributed by atoms with E-state index in [9.17, 15) is 4.79 Å². The molecule has 2 fully saturated rings. The summed E-state index contributed by atoms with van der Waals surface area (Å²) < 4.78 is 5.51. The topological polar surface area (TPSA) is 84.2 Å². The minimum atomic E-state index is -0.299. The van der Waals surface area contributed by atoms with Gasteiger partial charge in [0.05, 0.1) is 22.7 Å². The van der Waals surface area contributed by atoms with Gasteiger partial charge in [-0.05, 0) is 50.3 Å². The van der Waals surface area contributed by atoms with Crippen molar-refractivity contribution >= 4 is 16.9 Å². The van der Waals surface area contributed by atoms with Gasteiger partial charge in [-0.15, -0.1) is 0 Å². The van der Waals surface area contributed by atoms with Crippen molar-refractivity contribution < 1.29 is 9.53 Å². The van der Waals surface area contributed by atoms with Gasteiger partial charge in [-0.3, -0.25) is 4.79 Å². The van der Waals surface area contributed by atoms with Crippen LogP contribution in [0.15, 0.2) is 18.2 Å². The average molecular weight is 342 g/mol. The summed E-state index contributed by atoms with van der Waals surface area (Å²) in [5, 5.41) is 0. The molecule has 1 aliphatic carbocycles. The number of ether oxygens (including phenoxy) is 1. The summed E-state index contributed by atoms with van der Waals surface area (Å²) in [5.41, 5.74) is 8.71. The van der Waals surface area contributed by atoms with Gasteiger partial charge in [0, 0.05) is 26.1 Å². The fraction of sp³-hybridized carbons (Fsp3) is 0.579. The van der Waals surface area contributed by atoms with Gasteiger partial charge in [-0.2, -0.15) is 0 Å². The van der Waals surface area contributed by atoms with E-state index in [4.69, 9.17) is 15.5 Å². The van der Waals surface area contributed by atoms with Crippen molar-refractivity contribution in [2.24, 2.45) is 11.7 Å². The number of fused-ring (bicyclic) bond motifs is 1. The Balaban J connectivity index is 1.53. The average Bonchev–Trinajstić information content (AvgIpc) is 3.20. The molecule has 3 N–H and O–H groups in total. The summed E-state index contributed by atoms with van der Waals surface area (Å²) in [6.07, 6.45) is 3.43. The van der Waals surface area contributed by atoms with Crippen molar-refractivity contribution in [3.8, 4) is 0 Å². The number of nitrogens with two attached hydrogens (primary N) is 1. The van der Waals surface area contributed by atoms with Crippen LogP contribution in [0.4, 0.5) is 0 Å². The van der Waals surface area contributed by atoms with Crippen LogP contribution in [0.25, 0.3) is 11.0 Å². The molecule has 6 nitrogen and oxygen atoms in total. The number of hydrogen-bond acceptors (Lipinski definition) is 4. The number of carbonyl (C=O) groups is 1. The van der Waals surface area contributed by atoms with E-state index in [-0.39, 0.29) is 23.5 Å². The number of nitrogens with one attached hydrogen (secondary N) is 1. The van der Waals surface area contributed by atoms with Crippen molar-refractivity contribution in [2.45, 2.75) is 44.2 Å². The molecule has 1 saturated heterocycles. The smallest absolute Gasteiger partial charge is 0.226 e. The quantitative estimate of drug-likeness (QED) is 0.893. The second-order valence-corrected chi connectivity index (χ2v) is 7.53. The third-order valence-electron chi connectivity index (χ3n) is 5.90. The first-order valence-electron chi connectivity index (χ1n) is 9.07. The maximum absolute atomic E-state index is 13.0. The number of carbonyl (C=O) groups excluding carboxylic acids is 1. The van der Waals surface area contributed by atoms with Gasteiger partial charge in [0.15, 0.2) is 0 Å². The van der Waals surface area contributed by atoms with E-state index >= 15 is 0 Å². The van der Waals surface area contributed by atoms with Crippen LogP contribution in [0.5, 0.6) is 0 Å². The zero-order chi connectivity index (χ0) is 17.6. The second kappa shape index (κ2) is 6.11. The molecule has 1 atom stereocenters. The van der Waals surface area contributed by atoms with Crippen LogP contribution in [-0.4, -0.2) is 46.6 Å². The lowest BCUT2D eigenvalue weighted by molar-refractivity contribution is -0.156. The molecule has 0 spiro atoms. The third-order valence-corrected chi connectivity index (χ3v) is 5.90. The first kappa shape index (κ1) is 16.5. The zero-order valence-corrected chi connectivity index (χ0v) is 14.9.